The third-order valence-corrected chi connectivity index (χ3v) is 4.67. The Morgan fingerprint density at radius 2 is 1.70 bits per heavy atom. The molecule has 6 nitrogen and oxygen atoms in total. The summed E-state index contributed by atoms with van der Waals surface area (Å²) < 4.78 is 6.95. The number of rotatable bonds is 4. The Kier molecular flexibility index (Phi) is 8.30. The molecule has 0 aromatic heterocycles. The minimum Gasteiger partial charge on any atom is -0.483 e. The zero-order valence-electron chi connectivity index (χ0n) is 13.3. The molecule has 0 spiro atoms. The van der Waals surface area contributed by atoms with Crippen LogP contribution < -0.4 is 20.9 Å². The molecule has 0 bridgehead atoms. The lowest BCUT2D eigenvalue weighted by Gasteiger charge is -2.12. The van der Waals surface area contributed by atoms with Crippen molar-refractivity contribution in [1.29, 1.82) is 0 Å². The molecule has 0 saturated heterocycles. The Balaban J connectivity index is 1.79. The van der Waals surface area contributed by atoms with E-state index in [9.17, 15) is 9.59 Å². The van der Waals surface area contributed by atoms with E-state index in [1.165, 1.54) is 18.2 Å². The van der Waals surface area contributed by atoms with Crippen LogP contribution in [0.1, 0.15) is 10.4 Å². The van der Waals surface area contributed by atoms with Crippen molar-refractivity contribution in [2.24, 2.45) is 0 Å². The van der Waals surface area contributed by atoms with E-state index in [4.69, 9.17) is 40.2 Å². The third kappa shape index (κ3) is 7.27. The number of hydrazine groups is 1. The fraction of sp³-hybridized carbons (Fsp3) is 0.0625. The topological polar surface area (TPSA) is 79.5 Å². The Hall–Kier alpha value is -1.39. The van der Waals surface area contributed by atoms with Crippen LogP contribution in [0.3, 0.4) is 0 Å². The predicted molar refractivity (Wildman–Crippen MR) is 115 cm³/mol. The van der Waals surface area contributed by atoms with Crippen LogP contribution in [0.5, 0.6) is 5.75 Å². The van der Waals surface area contributed by atoms with Gasteiger partial charge in [-0.2, -0.15) is 0 Å². The summed E-state index contributed by atoms with van der Waals surface area (Å²) in [4.78, 5) is 23.9. The van der Waals surface area contributed by atoms with Crippen molar-refractivity contribution in [1.82, 2.24) is 16.2 Å². The van der Waals surface area contributed by atoms with Crippen LogP contribution in [0.25, 0.3) is 0 Å². The van der Waals surface area contributed by atoms with Crippen molar-refractivity contribution >= 4 is 84.2 Å². The number of thiocarbonyl (C=S) groups is 1. The van der Waals surface area contributed by atoms with Gasteiger partial charge in [0.15, 0.2) is 11.7 Å². The molecule has 142 valence electrons. The highest BCUT2D eigenvalue weighted by Gasteiger charge is 2.11. The van der Waals surface area contributed by atoms with Crippen molar-refractivity contribution in [3.05, 3.63) is 61.0 Å². The molecule has 3 N–H and O–H groups in total. The first-order valence-electron chi connectivity index (χ1n) is 7.18. The number of hydrogen-bond donors (Lipinski definition) is 3. The summed E-state index contributed by atoms with van der Waals surface area (Å²) in [5, 5.41) is 2.92. The van der Waals surface area contributed by atoms with Gasteiger partial charge in [-0.25, -0.2) is 0 Å². The van der Waals surface area contributed by atoms with Gasteiger partial charge in [0.1, 0.15) is 5.75 Å². The van der Waals surface area contributed by atoms with E-state index in [-0.39, 0.29) is 17.3 Å². The maximum atomic E-state index is 12.1. The number of nitrogens with one attached hydrogen (secondary N) is 3. The van der Waals surface area contributed by atoms with Gasteiger partial charge in [-0.05, 0) is 64.5 Å². The quantitative estimate of drug-likeness (QED) is 0.389. The smallest absolute Gasteiger partial charge is 0.276 e. The van der Waals surface area contributed by atoms with Gasteiger partial charge in [0.25, 0.3) is 11.8 Å². The second kappa shape index (κ2) is 10.2. The number of halogens is 4. The van der Waals surface area contributed by atoms with Crippen LogP contribution in [0.2, 0.25) is 10.0 Å². The fourth-order valence-electron chi connectivity index (χ4n) is 1.79. The minimum atomic E-state index is -0.527. The monoisotopic (exact) mass is 553 g/mol. The predicted octanol–water partition coefficient (Wildman–Crippen LogP) is 4.23. The molecule has 0 heterocycles. The lowest BCUT2D eigenvalue weighted by atomic mass is 10.2. The van der Waals surface area contributed by atoms with Crippen LogP contribution in [0.15, 0.2) is 45.3 Å². The zero-order chi connectivity index (χ0) is 20.0. The molecule has 2 aromatic rings. The molecule has 0 aliphatic heterocycles. The lowest BCUT2D eigenvalue weighted by Crippen LogP contribution is -2.49. The largest absolute Gasteiger partial charge is 0.483 e. The maximum absolute atomic E-state index is 12.1. The molecule has 0 atom stereocenters. The summed E-state index contributed by atoms with van der Waals surface area (Å²) in [5.41, 5.74) is 4.95. The van der Waals surface area contributed by atoms with Crippen molar-refractivity contribution in [3.63, 3.8) is 0 Å². The third-order valence-electron chi connectivity index (χ3n) is 2.92. The van der Waals surface area contributed by atoms with Crippen molar-refractivity contribution in [3.8, 4) is 5.75 Å². The van der Waals surface area contributed by atoms with E-state index in [1.54, 1.807) is 18.2 Å². The van der Waals surface area contributed by atoms with E-state index in [2.05, 4.69) is 48.0 Å². The summed E-state index contributed by atoms with van der Waals surface area (Å²) in [7, 11) is 0. The van der Waals surface area contributed by atoms with E-state index < -0.39 is 11.8 Å². The van der Waals surface area contributed by atoms with Gasteiger partial charge in [-0.15, -0.1) is 0 Å². The highest BCUT2D eigenvalue weighted by Crippen LogP contribution is 2.28. The molecule has 2 amide bonds. The number of amides is 2. The van der Waals surface area contributed by atoms with E-state index in [1.807, 2.05) is 0 Å². The fourth-order valence-corrected chi connectivity index (χ4v) is 3.62. The summed E-state index contributed by atoms with van der Waals surface area (Å²) in [6.07, 6.45) is 0. The highest BCUT2D eigenvalue weighted by molar-refractivity contribution is 9.11. The van der Waals surface area contributed by atoms with Crippen molar-refractivity contribution < 1.29 is 14.3 Å². The second-order valence-corrected chi connectivity index (χ2v) is 8.03. The molecule has 27 heavy (non-hydrogen) atoms. The number of ether oxygens (including phenoxy) is 1. The van der Waals surface area contributed by atoms with Crippen LogP contribution in [-0.4, -0.2) is 23.5 Å². The molecule has 0 radical (unpaired) electrons. The van der Waals surface area contributed by atoms with Gasteiger partial charge < -0.3 is 4.74 Å². The second-order valence-electron chi connectivity index (χ2n) is 4.98. The van der Waals surface area contributed by atoms with Crippen molar-refractivity contribution in [2.75, 3.05) is 6.61 Å². The highest BCUT2D eigenvalue weighted by atomic mass is 79.9. The molecule has 0 unspecified atom stereocenters. The number of carbonyl (C=O) groups is 2. The summed E-state index contributed by atoms with van der Waals surface area (Å²) in [6, 6.07) is 9.65. The van der Waals surface area contributed by atoms with Crippen LogP contribution in [0, 0.1) is 0 Å². The first kappa shape index (κ1) is 21.9. The number of benzene rings is 2. The maximum Gasteiger partial charge on any atom is 0.276 e. The molecule has 11 heteroatoms. The SMILES string of the molecule is O=C(COc1ccc(Br)cc1Br)NNC(=S)NC(=O)c1cc(Cl)cc(Cl)c1. The Morgan fingerprint density at radius 1 is 1.04 bits per heavy atom. The summed E-state index contributed by atoms with van der Waals surface area (Å²) in [5.74, 6) is -0.518. The molecule has 0 aliphatic carbocycles. The van der Waals surface area contributed by atoms with Gasteiger partial charge in [0.05, 0.1) is 4.47 Å². The average molecular weight is 556 g/mol. The van der Waals surface area contributed by atoms with Crippen molar-refractivity contribution in [2.45, 2.75) is 0 Å². The van der Waals surface area contributed by atoms with E-state index in [0.29, 0.717) is 20.3 Å². The zero-order valence-corrected chi connectivity index (χ0v) is 18.8. The first-order valence-corrected chi connectivity index (χ1v) is 9.93. The molecular weight excluding hydrogens is 545 g/mol. The van der Waals surface area contributed by atoms with Crippen LogP contribution in [0.4, 0.5) is 0 Å². The van der Waals surface area contributed by atoms with Gasteiger partial charge >= 0.3 is 0 Å². The Labute approximate surface area is 187 Å². The summed E-state index contributed by atoms with van der Waals surface area (Å²) >= 11 is 23.3. The van der Waals surface area contributed by atoms with Gasteiger partial charge in [0, 0.05) is 20.1 Å². The molecule has 2 aromatic carbocycles. The average Bonchev–Trinajstić information content (AvgIpc) is 2.58. The first-order chi connectivity index (χ1) is 12.7. The molecule has 0 aliphatic rings. The summed E-state index contributed by atoms with van der Waals surface area (Å²) in [6.45, 7) is -0.256. The molecule has 0 saturated carbocycles. The van der Waals surface area contributed by atoms with Gasteiger partial charge in [-0.1, -0.05) is 39.1 Å². The standard InChI is InChI=1S/C16H11Br2Cl2N3O3S/c17-9-1-2-13(12(18)5-9)26-7-14(24)22-23-16(27)21-15(25)8-3-10(19)6-11(20)4-8/h1-6H,7H2,(H,22,24)(H2,21,23,25,27). The lowest BCUT2D eigenvalue weighted by molar-refractivity contribution is -0.123. The molecular formula is C16H11Br2Cl2N3O3S. The molecule has 0 fully saturated rings. The number of hydrogen-bond acceptors (Lipinski definition) is 4. The Bertz CT molecular complexity index is 879. The van der Waals surface area contributed by atoms with Crippen LogP contribution >= 0.6 is 67.3 Å². The van der Waals surface area contributed by atoms with Gasteiger partial charge in [-0.3, -0.25) is 25.8 Å². The minimum absolute atomic E-state index is 0.103. The van der Waals surface area contributed by atoms with Crippen LogP contribution in [-0.2, 0) is 4.79 Å². The number of carbonyl (C=O) groups excluding carboxylic acids is 2. The Morgan fingerprint density at radius 3 is 2.33 bits per heavy atom. The molecule has 2 rings (SSSR count). The normalized spacial score (nSPS) is 10.1. The van der Waals surface area contributed by atoms with E-state index >= 15 is 0 Å². The van der Waals surface area contributed by atoms with E-state index in [0.717, 1.165) is 4.47 Å². The van der Waals surface area contributed by atoms with Gasteiger partial charge in [0.2, 0.25) is 0 Å².